The molecular weight excluding hydrogens is 276 g/mol. The molecule has 0 spiro atoms. The third-order valence-electron chi connectivity index (χ3n) is 4.51. The summed E-state index contributed by atoms with van der Waals surface area (Å²) in [6.45, 7) is 5.96. The number of aromatic amines is 1. The van der Waals surface area contributed by atoms with E-state index < -0.39 is 0 Å². The van der Waals surface area contributed by atoms with Crippen LogP contribution in [0.5, 0.6) is 0 Å². The van der Waals surface area contributed by atoms with Gasteiger partial charge in [0.15, 0.2) is 0 Å². The molecule has 22 heavy (non-hydrogen) atoms. The molecule has 1 saturated heterocycles. The Bertz CT molecular complexity index is 643. The van der Waals surface area contributed by atoms with Gasteiger partial charge in [-0.25, -0.2) is 4.98 Å². The number of rotatable bonds is 3. The minimum atomic E-state index is 0.135. The summed E-state index contributed by atoms with van der Waals surface area (Å²) in [4.78, 5) is 18.2. The van der Waals surface area contributed by atoms with E-state index in [1.165, 1.54) is 23.0 Å². The Hall–Kier alpha value is -2.17. The maximum Gasteiger partial charge on any atom is 0.230 e. The summed E-state index contributed by atoms with van der Waals surface area (Å²) >= 11 is 0. The van der Waals surface area contributed by atoms with E-state index >= 15 is 0 Å². The smallest absolute Gasteiger partial charge is 0.230 e. The lowest BCUT2D eigenvalue weighted by Gasteiger charge is -2.33. The summed E-state index contributed by atoms with van der Waals surface area (Å²) in [5.41, 5.74) is 4.11. The Labute approximate surface area is 130 Å². The summed E-state index contributed by atoms with van der Waals surface area (Å²) in [6.07, 6.45) is 3.82. The van der Waals surface area contributed by atoms with Gasteiger partial charge < -0.3 is 4.90 Å². The lowest BCUT2D eigenvalue weighted by Crippen LogP contribution is -2.39. The van der Waals surface area contributed by atoms with Gasteiger partial charge in [0, 0.05) is 13.1 Å². The number of carbonyl (C=O) groups is 1. The number of likely N-dealkylation sites (tertiary alicyclic amines) is 1. The number of hydrogen-bond donors (Lipinski definition) is 1. The van der Waals surface area contributed by atoms with E-state index in [4.69, 9.17) is 0 Å². The molecule has 1 aliphatic heterocycles. The van der Waals surface area contributed by atoms with Gasteiger partial charge in [0.2, 0.25) is 5.91 Å². The molecule has 5 heteroatoms. The first-order valence-electron chi connectivity index (χ1n) is 7.82. The molecule has 1 N–H and O–H groups in total. The van der Waals surface area contributed by atoms with Gasteiger partial charge in [0.1, 0.15) is 12.2 Å². The van der Waals surface area contributed by atoms with Crippen LogP contribution in [0.25, 0.3) is 0 Å². The minimum Gasteiger partial charge on any atom is -0.342 e. The van der Waals surface area contributed by atoms with Crippen molar-refractivity contribution < 1.29 is 4.79 Å². The van der Waals surface area contributed by atoms with E-state index in [1.807, 2.05) is 4.90 Å². The second-order valence-corrected chi connectivity index (χ2v) is 6.12. The largest absolute Gasteiger partial charge is 0.342 e. The first-order valence-corrected chi connectivity index (χ1v) is 7.82. The summed E-state index contributed by atoms with van der Waals surface area (Å²) in [7, 11) is 0. The molecule has 3 rings (SSSR count). The van der Waals surface area contributed by atoms with Crippen molar-refractivity contribution in [3.63, 3.8) is 0 Å². The number of nitrogens with zero attached hydrogens (tertiary/aromatic N) is 3. The monoisotopic (exact) mass is 298 g/mol. The number of piperidine rings is 1. The van der Waals surface area contributed by atoms with Crippen LogP contribution in [-0.4, -0.2) is 39.1 Å². The van der Waals surface area contributed by atoms with Crippen molar-refractivity contribution >= 4 is 5.91 Å². The second-order valence-electron chi connectivity index (χ2n) is 6.12. The fourth-order valence-electron chi connectivity index (χ4n) is 3.21. The number of aryl methyl sites for hydroxylation is 2. The molecule has 2 aromatic rings. The standard InChI is InChI=1S/C17H22N4O/c1-12-3-4-13(2)15(9-12)14-5-7-21(8-6-14)17(22)10-16-18-11-19-20-16/h3-4,9,11,14H,5-8,10H2,1-2H3,(H,18,19,20). The Morgan fingerprint density at radius 2 is 2.09 bits per heavy atom. The van der Waals surface area contributed by atoms with Gasteiger partial charge in [-0.1, -0.05) is 23.8 Å². The van der Waals surface area contributed by atoms with Crippen molar-refractivity contribution in [2.45, 2.75) is 39.0 Å². The van der Waals surface area contributed by atoms with Gasteiger partial charge in [0.05, 0.1) is 6.42 Å². The molecular formula is C17H22N4O. The Kier molecular flexibility index (Phi) is 4.22. The zero-order valence-corrected chi connectivity index (χ0v) is 13.2. The molecule has 0 atom stereocenters. The molecule has 5 nitrogen and oxygen atoms in total. The quantitative estimate of drug-likeness (QED) is 0.946. The fourth-order valence-corrected chi connectivity index (χ4v) is 3.21. The molecule has 0 unspecified atom stereocenters. The summed E-state index contributed by atoms with van der Waals surface area (Å²) < 4.78 is 0. The van der Waals surface area contributed by atoms with E-state index in [2.05, 4.69) is 47.2 Å². The lowest BCUT2D eigenvalue weighted by atomic mass is 9.86. The van der Waals surface area contributed by atoms with Gasteiger partial charge in [-0.2, -0.15) is 5.10 Å². The molecule has 1 amide bonds. The van der Waals surface area contributed by atoms with Crippen LogP contribution in [0.15, 0.2) is 24.5 Å². The third kappa shape index (κ3) is 3.18. The molecule has 116 valence electrons. The predicted molar refractivity (Wildman–Crippen MR) is 84.6 cm³/mol. The van der Waals surface area contributed by atoms with Gasteiger partial charge in [0.25, 0.3) is 0 Å². The first-order chi connectivity index (χ1) is 10.6. The van der Waals surface area contributed by atoms with Crippen molar-refractivity contribution in [2.75, 3.05) is 13.1 Å². The average Bonchev–Trinajstić information content (AvgIpc) is 3.03. The van der Waals surface area contributed by atoms with Crippen LogP contribution in [0.4, 0.5) is 0 Å². The molecule has 1 fully saturated rings. The highest BCUT2D eigenvalue weighted by atomic mass is 16.2. The summed E-state index contributed by atoms with van der Waals surface area (Å²) in [6, 6.07) is 6.66. The van der Waals surface area contributed by atoms with Crippen LogP contribution in [0.1, 0.15) is 41.3 Å². The third-order valence-corrected chi connectivity index (χ3v) is 4.51. The van der Waals surface area contributed by atoms with E-state index in [0.29, 0.717) is 18.2 Å². The van der Waals surface area contributed by atoms with Crippen LogP contribution in [0, 0.1) is 13.8 Å². The molecule has 1 aromatic heterocycles. The highest BCUT2D eigenvalue weighted by molar-refractivity contribution is 5.78. The van der Waals surface area contributed by atoms with Crippen molar-refractivity contribution in [3.8, 4) is 0 Å². The minimum absolute atomic E-state index is 0.135. The molecule has 2 heterocycles. The van der Waals surface area contributed by atoms with Crippen molar-refractivity contribution in [3.05, 3.63) is 47.0 Å². The molecule has 0 radical (unpaired) electrons. The molecule has 0 saturated carbocycles. The van der Waals surface area contributed by atoms with E-state index in [9.17, 15) is 4.79 Å². The normalized spacial score (nSPS) is 16.0. The number of hydrogen-bond acceptors (Lipinski definition) is 3. The Balaban J connectivity index is 1.60. The second kappa shape index (κ2) is 6.30. The van der Waals surface area contributed by atoms with Gasteiger partial charge >= 0.3 is 0 Å². The zero-order valence-electron chi connectivity index (χ0n) is 13.2. The SMILES string of the molecule is Cc1ccc(C)c(C2CCN(C(=O)Cc3ncn[nH]3)CC2)c1. The number of nitrogens with one attached hydrogen (secondary N) is 1. The predicted octanol–water partition coefficient (Wildman–Crippen LogP) is 2.37. The van der Waals surface area contributed by atoms with Gasteiger partial charge in [-0.05, 0) is 43.7 Å². The lowest BCUT2D eigenvalue weighted by molar-refractivity contribution is -0.131. The van der Waals surface area contributed by atoms with Crippen LogP contribution < -0.4 is 0 Å². The van der Waals surface area contributed by atoms with Gasteiger partial charge in [-0.15, -0.1) is 0 Å². The number of benzene rings is 1. The highest BCUT2D eigenvalue weighted by Crippen LogP contribution is 2.31. The van der Waals surface area contributed by atoms with E-state index in [1.54, 1.807) is 0 Å². The van der Waals surface area contributed by atoms with Crippen LogP contribution >= 0.6 is 0 Å². The zero-order chi connectivity index (χ0) is 15.5. The number of amides is 1. The van der Waals surface area contributed by atoms with E-state index in [-0.39, 0.29) is 5.91 Å². The molecule has 0 aliphatic carbocycles. The maximum absolute atomic E-state index is 12.3. The van der Waals surface area contributed by atoms with E-state index in [0.717, 1.165) is 25.9 Å². The van der Waals surface area contributed by atoms with Crippen LogP contribution in [0.2, 0.25) is 0 Å². The van der Waals surface area contributed by atoms with Crippen molar-refractivity contribution in [2.24, 2.45) is 0 Å². The number of H-pyrrole nitrogens is 1. The van der Waals surface area contributed by atoms with Gasteiger partial charge in [-0.3, -0.25) is 9.89 Å². The van der Waals surface area contributed by atoms with Crippen molar-refractivity contribution in [1.29, 1.82) is 0 Å². The van der Waals surface area contributed by atoms with Crippen molar-refractivity contribution in [1.82, 2.24) is 20.1 Å². The number of carbonyl (C=O) groups excluding carboxylic acids is 1. The summed E-state index contributed by atoms with van der Waals surface area (Å²) in [5.74, 6) is 1.34. The topological polar surface area (TPSA) is 61.9 Å². The highest BCUT2D eigenvalue weighted by Gasteiger charge is 2.25. The summed E-state index contributed by atoms with van der Waals surface area (Å²) in [5, 5.41) is 6.53. The van der Waals surface area contributed by atoms with Crippen LogP contribution in [0.3, 0.4) is 0 Å². The van der Waals surface area contributed by atoms with Crippen LogP contribution in [-0.2, 0) is 11.2 Å². The maximum atomic E-state index is 12.3. The molecule has 1 aliphatic rings. The molecule has 1 aromatic carbocycles. The molecule has 0 bridgehead atoms. The first kappa shape index (κ1) is 14.8. The number of aromatic nitrogens is 3. The Morgan fingerprint density at radius 3 is 2.77 bits per heavy atom. The fraction of sp³-hybridized carbons (Fsp3) is 0.471. The average molecular weight is 298 g/mol. The Morgan fingerprint density at radius 1 is 1.32 bits per heavy atom.